The average molecular weight is 369 g/mol. The molecule has 0 aliphatic heterocycles. The Bertz CT molecular complexity index is 775. The number of esters is 1. The van der Waals surface area contributed by atoms with Crippen molar-refractivity contribution >= 4 is 29.4 Å². The summed E-state index contributed by atoms with van der Waals surface area (Å²) in [6, 6.07) is 9.89. The van der Waals surface area contributed by atoms with E-state index in [1.165, 1.54) is 18.4 Å². The fourth-order valence-corrected chi connectivity index (χ4v) is 2.30. The Kier molecular flexibility index (Phi) is 8.03. The van der Waals surface area contributed by atoms with Gasteiger partial charge < -0.3 is 14.5 Å². The zero-order chi connectivity index (χ0) is 19.5. The molecule has 0 saturated carbocycles. The molecule has 1 N–H and O–H groups in total. The van der Waals surface area contributed by atoms with Crippen LogP contribution in [0.4, 0.5) is 5.69 Å². The van der Waals surface area contributed by atoms with Crippen LogP contribution in [0.3, 0.4) is 0 Å². The fraction of sp³-hybridized carbons (Fsp3) is 0.286. The quantitative estimate of drug-likeness (QED) is 0.293. The molecule has 6 heteroatoms. The summed E-state index contributed by atoms with van der Waals surface area (Å²) >= 11 is 0. The molecule has 1 amide bonds. The Labute approximate surface area is 158 Å². The van der Waals surface area contributed by atoms with E-state index in [2.05, 4.69) is 12.2 Å². The number of hydrogen-bond acceptors (Lipinski definition) is 5. The summed E-state index contributed by atoms with van der Waals surface area (Å²) in [5.41, 5.74) is 1.04. The van der Waals surface area contributed by atoms with Crippen molar-refractivity contribution in [3.05, 3.63) is 60.1 Å². The number of carbonyl (C=O) groups is 3. The van der Waals surface area contributed by atoms with E-state index in [1.807, 2.05) is 0 Å². The Morgan fingerprint density at radius 3 is 2.56 bits per heavy atom. The first-order valence-corrected chi connectivity index (χ1v) is 8.90. The van der Waals surface area contributed by atoms with Crippen molar-refractivity contribution in [2.24, 2.45) is 0 Å². The maximum absolute atomic E-state index is 12.1. The Hall–Kier alpha value is -3.15. The normalized spacial score (nSPS) is 10.7. The second-order valence-electron chi connectivity index (χ2n) is 5.96. The molecule has 0 radical (unpaired) electrons. The molecule has 0 unspecified atom stereocenters. The monoisotopic (exact) mass is 369 g/mol. The highest BCUT2D eigenvalue weighted by atomic mass is 16.5. The summed E-state index contributed by atoms with van der Waals surface area (Å²) in [5.74, 6) is -0.475. The van der Waals surface area contributed by atoms with Crippen LogP contribution in [0.5, 0.6) is 0 Å². The van der Waals surface area contributed by atoms with Gasteiger partial charge >= 0.3 is 5.97 Å². The molecule has 2 rings (SSSR count). The first kappa shape index (κ1) is 20.2. The number of ketones is 1. The van der Waals surface area contributed by atoms with Crippen molar-refractivity contribution in [3.8, 4) is 0 Å². The Morgan fingerprint density at radius 2 is 1.89 bits per heavy atom. The zero-order valence-corrected chi connectivity index (χ0v) is 15.3. The molecule has 1 heterocycles. The zero-order valence-electron chi connectivity index (χ0n) is 15.3. The molecule has 142 valence electrons. The highest BCUT2D eigenvalue weighted by Gasteiger charge is 2.09. The molecule has 0 aliphatic carbocycles. The summed E-state index contributed by atoms with van der Waals surface area (Å²) in [5, 5.41) is 2.79. The molecule has 1 aromatic carbocycles. The predicted octanol–water partition coefficient (Wildman–Crippen LogP) is 4.24. The first-order chi connectivity index (χ1) is 13.1. The van der Waals surface area contributed by atoms with Crippen LogP contribution in [0.15, 0.2) is 53.2 Å². The van der Waals surface area contributed by atoms with Crippen LogP contribution >= 0.6 is 0 Å². The third kappa shape index (κ3) is 7.32. The van der Waals surface area contributed by atoms with Crippen LogP contribution in [0, 0.1) is 0 Å². The number of ether oxygens (including phenoxy) is 1. The molecule has 27 heavy (non-hydrogen) atoms. The fourth-order valence-electron chi connectivity index (χ4n) is 2.30. The molecule has 1 aromatic heterocycles. The van der Waals surface area contributed by atoms with Crippen molar-refractivity contribution in [2.45, 2.75) is 32.6 Å². The smallest absolute Gasteiger partial charge is 0.331 e. The number of hydrogen-bond donors (Lipinski definition) is 1. The number of carbonyl (C=O) groups excluding carboxylic acids is 3. The van der Waals surface area contributed by atoms with Crippen molar-refractivity contribution in [1.82, 2.24) is 0 Å². The number of anilines is 1. The molecule has 0 atom stereocenters. The molecular formula is C21H23NO5. The lowest BCUT2D eigenvalue weighted by Gasteiger charge is -2.06. The van der Waals surface area contributed by atoms with E-state index < -0.39 is 5.97 Å². The van der Waals surface area contributed by atoms with E-state index in [-0.39, 0.29) is 18.3 Å². The molecule has 6 nitrogen and oxygen atoms in total. The van der Waals surface area contributed by atoms with Gasteiger partial charge in [0.05, 0.1) is 6.26 Å². The van der Waals surface area contributed by atoms with Gasteiger partial charge in [-0.1, -0.05) is 19.8 Å². The summed E-state index contributed by atoms with van der Waals surface area (Å²) in [7, 11) is 0. The van der Waals surface area contributed by atoms with Gasteiger partial charge in [-0.3, -0.25) is 9.59 Å². The van der Waals surface area contributed by atoms with E-state index in [1.54, 1.807) is 36.4 Å². The number of nitrogens with one attached hydrogen (secondary N) is 1. The van der Waals surface area contributed by atoms with Gasteiger partial charge in [-0.2, -0.15) is 0 Å². The molecule has 2 aromatic rings. The topological polar surface area (TPSA) is 85.6 Å². The molecule has 0 bridgehead atoms. The lowest BCUT2D eigenvalue weighted by molar-refractivity contribution is -0.136. The average Bonchev–Trinajstić information content (AvgIpc) is 3.19. The summed E-state index contributed by atoms with van der Waals surface area (Å²) < 4.78 is 9.97. The van der Waals surface area contributed by atoms with Gasteiger partial charge in [0.15, 0.2) is 12.4 Å². The van der Waals surface area contributed by atoms with Crippen molar-refractivity contribution in [3.63, 3.8) is 0 Å². The number of furan rings is 1. The molecule has 0 aliphatic rings. The van der Waals surface area contributed by atoms with Gasteiger partial charge in [-0.25, -0.2) is 4.79 Å². The highest BCUT2D eigenvalue weighted by molar-refractivity contribution is 5.99. The number of amides is 1. The van der Waals surface area contributed by atoms with Gasteiger partial charge in [0.2, 0.25) is 5.91 Å². The van der Waals surface area contributed by atoms with E-state index in [9.17, 15) is 14.4 Å². The van der Waals surface area contributed by atoms with E-state index in [4.69, 9.17) is 9.15 Å². The second kappa shape index (κ2) is 10.8. The number of Topliss-reactive ketones (excluding diaryl/α,β-unsaturated/α-hetero) is 1. The van der Waals surface area contributed by atoms with Crippen LogP contribution in [-0.4, -0.2) is 24.3 Å². The van der Waals surface area contributed by atoms with Gasteiger partial charge in [0.25, 0.3) is 0 Å². The standard InChI is InChI=1S/C21H23NO5/c1-2-3-4-7-20(24)22-17-10-8-16(9-11-17)19(23)15-27-21(25)13-12-18-6-5-14-26-18/h5-6,8-14H,2-4,7,15H2,1H3,(H,22,24)/b13-12+. The van der Waals surface area contributed by atoms with Crippen LogP contribution in [-0.2, 0) is 14.3 Å². The number of rotatable bonds is 10. The Morgan fingerprint density at radius 1 is 1.11 bits per heavy atom. The van der Waals surface area contributed by atoms with Crippen LogP contribution < -0.4 is 5.32 Å². The summed E-state index contributed by atoms with van der Waals surface area (Å²) in [4.78, 5) is 35.5. The lowest BCUT2D eigenvalue weighted by Crippen LogP contribution is -2.13. The van der Waals surface area contributed by atoms with Gasteiger partial charge in [0, 0.05) is 23.7 Å². The lowest BCUT2D eigenvalue weighted by atomic mass is 10.1. The highest BCUT2D eigenvalue weighted by Crippen LogP contribution is 2.12. The maximum atomic E-state index is 12.1. The minimum Gasteiger partial charge on any atom is -0.465 e. The van der Waals surface area contributed by atoms with Gasteiger partial charge in [-0.15, -0.1) is 0 Å². The summed E-state index contributed by atoms with van der Waals surface area (Å²) in [6.45, 7) is 1.73. The van der Waals surface area contributed by atoms with Crippen LogP contribution in [0.2, 0.25) is 0 Å². The maximum Gasteiger partial charge on any atom is 0.331 e. The van der Waals surface area contributed by atoms with E-state index >= 15 is 0 Å². The second-order valence-corrected chi connectivity index (χ2v) is 5.96. The van der Waals surface area contributed by atoms with Crippen LogP contribution in [0.25, 0.3) is 6.08 Å². The minimum absolute atomic E-state index is 0.0419. The molecule has 0 saturated heterocycles. The van der Waals surface area contributed by atoms with Crippen LogP contribution in [0.1, 0.15) is 48.7 Å². The first-order valence-electron chi connectivity index (χ1n) is 8.90. The van der Waals surface area contributed by atoms with E-state index in [0.717, 1.165) is 19.3 Å². The van der Waals surface area contributed by atoms with Crippen molar-refractivity contribution < 1.29 is 23.5 Å². The number of benzene rings is 1. The molecule has 0 fully saturated rings. The molecule has 0 spiro atoms. The predicted molar refractivity (Wildman–Crippen MR) is 102 cm³/mol. The minimum atomic E-state index is -0.629. The third-order valence-corrected chi connectivity index (χ3v) is 3.77. The SMILES string of the molecule is CCCCCC(=O)Nc1ccc(C(=O)COC(=O)/C=C/c2ccco2)cc1. The largest absolute Gasteiger partial charge is 0.465 e. The van der Waals surface area contributed by atoms with Crippen molar-refractivity contribution in [1.29, 1.82) is 0 Å². The third-order valence-electron chi connectivity index (χ3n) is 3.77. The van der Waals surface area contributed by atoms with Gasteiger partial charge in [0.1, 0.15) is 5.76 Å². The van der Waals surface area contributed by atoms with Crippen molar-refractivity contribution in [2.75, 3.05) is 11.9 Å². The van der Waals surface area contributed by atoms with E-state index in [0.29, 0.717) is 23.4 Å². The molecular weight excluding hydrogens is 346 g/mol. The Balaban J connectivity index is 1.77. The number of unbranched alkanes of at least 4 members (excludes halogenated alkanes) is 2. The summed E-state index contributed by atoms with van der Waals surface area (Å²) in [6.07, 6.45) is 7.58. The van der Waals surface area contributed by atoms with Gasteiger partial charge in [-0.05, 0) is 48.9 Å².